The lowest BCUT2D eigenvalue weighted by Crippen LogP contribution is -2.39. The van der Waals surface area contributed by atoms with Gasteiger partial charge in [-0.1, -0.05) is 0 Å². The van der Waals surface area contributed by atoms with Crippen molar-refractivity contribution in [3.8, 4) is 0 Å². The Morgan fingerprint density at radius 1 is 1.27 bits per heavy atom. The van der Waals surface area contributed by atoms with Crippen LogP contribution in [-0.2, 0) is 10.0 Å². The summed E-state index contributed by atoms with van der Waals surface area (Å²) in [5, 5.41) is 0. The van der Waals surface area contributed by atoms with Crippen molar-refractivity contribution in [3.05, 3.63) is 0 Å². The van der Waals surface area contributed by atoms with Crippen LogP contribution in [0.5, 0.6) is 0 Å². The van der Waals surface area contributed by atoms with Gasteiger partial charge in [0.2, 0.25) is 10.0 Å². The van der Waals surface area contributed by atoms with Crippen LogP contribution in [0.1, 0.15) is 13.3 Å². The molecule has 0 amide bonds. The summed E-state index contributed by atoms with van der Waals surface area (Å²) in [6, 6.07) is 0.148. The number of nitrogens with zero attached hydrogens (tertiary/aromatic N) is 2. The van der Waals surface area contributed by atoms with E-state index in [0.29, 0.717) is 13.1 Å². The van der Waals surface area contributed by atoms with Crippen LogP contribution >= 0.6 is 0 Å². The number of rotatable bonds is 3. The molecule has 0 aromatic carbocycles. The van der Waals surface area contributed by atoms with Gasteiger partial charge >= 0.3 is 0 Å². The van der Waals surface area contributed by atoms with E-state index in [2.05, 4.69) is 4.90 Å². The standard InChI is InChI=1S/C9H21N3O2S/c1-9(10)8-11-4-3-5-12(7-6-11)15(2,13)14/h9H,3-8,10H2,1-2H3. The Hall–Kier alpha value is -0.170. The third-order valence-corrected chi connectivity index (χ3v) is 3.87. The second-order valence-corrected chi connectivity index (χ2v) is 6.28. The molecule has 0 aromatic heterocycles. The van der Waals surface area contributed by atoms with Crippen LogP contribution in [0.4, 0.5) is 0 Å². The van der Waals surface area contributed by atoms with Crippen LogP contribution in [-0.4, -0.2) is 62.6 Å². The van der Waals surface area contributed by atoms with Gasteiger partial charge in [-0.3, -0.25) is 0 Å². The van der Waals surface area contributed by atoms with E-state index in [1.807, 2.05) is 6.92 Å². The van der Waals surface area contributed by atoms with E-state index in [4.69, 9.17) is 5.73 Å². The SMILES string of the molecule is CC(N)CN1CCCN(S(C)(=O)=O)CC1. The minimum absolute atomic E-state index is 0.148. The third-order valence-electron chi connectivity index (χ3n) is 2.56. The normalized spacial score (nSPS) is 23.7. The van der Waals surface area contributed by atoms with Crippen molar-refractivity contribution in [2.24, 2.45) is 5.73 Å². The molecule has 90 valence electrons. The molecule has 1 aliphatic heterocycles. The van der Waals surface area contributed by atoms with Crippen molar-refractivity contribution in [2.45, 2.75) is 19.4 Å². The van der Waals surface area contributed by atoms with Crippen LogP contribution in [0.2, 0.25) is 0 Å². The van der Waals surface area contributed by atoms with E-state index in [-0.39, 0.29) is 6.04 Å². The maximum atomic E-state index is 11.4. The van der Waals surface area contributed by atoms with Gasteiger partial charge in [-0.15, -0.1) is 0 Å². The molecular formula is C9H21N3O2S. The molecule has 1 fully saturated rings. The Balaban J connectivity index is 2.49. The summed E-state index contributed by atoms with van der Waals surface area (Å²) in [6.45, 7) is 5.76. The minimum Gasteiger partial charge on any atom is -0.327 e. The fourth-order valence-corrected chi connectivity index (χ4v) is 2.74. The molecule has 1 rings (SSSR count). The summed E-state index contributed by atoms with van der Waals surface area (Å²) in [5.74, 6) is 0. The van der Waals surface area contributed by atoms with Crippen LogP contribution < -0.4 is 5.73 Å². The molecule has 1 heterocycles. The van der Waals surface area contributed by atoms with Gasteiger partial charge in [0.15, 0.2) is 0 Å². The Morgan fingerprint density at radius 3 is 2.47 bits per heavy atom. The molecule has 0 spiro atoms. The molecule has 2 N–H and O–H groups in total. The van der Waals surface area contributed by atoms with Gasteiger partial charge in [0.1, 0.15) is 0 Å². The van der Waals surface area contributed by atoms with Crippen molar-refractivity contribution in [1.29, 1.82) is 0 Å². The first kappa shape index (κ1) is 12.9. The number of hydrogen-bond donors (Lipinski definition) is 1. The fourth-order valence-electron chi connectivity index (χ4n) is 1.87. The molecule has 0 saturated carbocycles. The van der Waals surface area contributed by atoms with E-state index in [9.17, 15) is 8.42 Å². The van der Waals surface area contributed by atoms with Gasteiger partial charge in [0.05, 0.1) is 6.26 Å². The zero-order chi connectivity index (χ0) is 11.5. The van der Waals surface area contributed by atoms with Crippen molar-refractivity contribution in [2.75, 3.05) is 39.0 Å². The van der Waals surface area contributed by atoms with Crippen molar-refractivity contribution in [1.82, 2.24) is 9.21 Å². The van der Waals surface area contributed by atoms with E-state index in [1.54, 1.807) is 4.31 Å². The van der Waals surface area contributed by atoms with Gasteiger partial charge in [0.25, 0.3) is 0 Å². The lowest BCUT2D eigenvalue weighted by Gasteiger charge is -2.22. The molecule has 1 aliphatic rings. The number of hydrogen-bond acceptors (Lipinski definition) is 4. The zero-order valence-electron chi connectivity index (χ0n) is 9.52. The van der Waals surface area contributed by atoms with Crippen molar-refractivity contribution in [3.63, 3.8) is 0 Å². The number of nitrogens with two attached hydrogens (primary N) is 1. The zero-order valence-corrected chi connectivity index (χ0v) is 10.3. The molecular weight excluding hydrogens is 214 g/mol. The molecule has 1 saturated heterocycles. The second-order valence-electron chi connectivity index (χ2n) is 4.29. The highest BCUT2D eigenvalue weighted by Gasteiger charge is 2.21. The quantitative estimate of drug-likeness (QED) is 0.702. The van der Waals surface area contributed by atoms with Crippen LogP contribution in [0.15, 0.2) is 0 Å². The lowest BCUT2D eigenvalue weighted by molar-refractivity contribution is 0.273. The van der Waals surface area contributed by atoms with E-state index >= 15 is 0 Å². The van der Waals surface area contributed by atoms with Crippen LogP contribution in [0.25, 0.3) is 0 Å². The summed E-state index contributed by atoms with van der Waals surface area (Å²) in [4.78, 5) is 2.23. The Bertz CT molecular complexity index is 290. The molecule has 1 atom stereocenters. The van der Waals surface area contributed by atoms with Crippen molar-refractivity contribution >= 4 is 10.0 Å². The number of sulfonamides is 1. The highest BCUT2D eigenvalue weighted by molar-refractivity contribution is 7.88. The average Bonchev–Trinajstić information content (AvgIpc) is 2.27. The topological polar surface area (TPSA) is 66.6 Å². The monoisotopic (exact) mass is 235 g/mol. The minimum atomic E-state index is -3.03. The third kappa shape index (κ3) is 4.46. The Kier molecular flexibility index (Phi) is 4.51. The first-order chi connectivity index (χ1) is 6.89. The first-order valence-corrected chi connectivity index (χ1v) is 7.17. The smallest absolute Gasteiger partial charge is 0.211 e. The average molecular weight is 235 g/mol. The molecule has 1 unspecified atom stereocenters. The summed E-state index contributed by atoms with van der Waals surface area (Å²) < 4.78 is 24.3. The van der Waals surface area contributed by atoms with Crippen LogP contribution in [0, 0.1) is 0 Å². The lowest BCUT2D eigenvalue weighted by atomic mass is 10.3. The fraction of sp³-hybridized carbons (Fsp3) is 1.00. The summed E-state index contributed by atoms with van der Waals surface area (Å²) in [5.41, 5.74) is 5.72. The van der Waals surface area contributed by atoms with Gasteiger partial charge in [-0.25, -0.2) is 12.7 Å². The van der Waals surface area contributed by atoms with Gasteiger partial charge in [-0.2, -0.15) is 0 Å². The maximum absolute atomic E-state index is 11.4. The van der Waals surface area contributed by atoms with Gasteiger partial charge < -0.3 is 10.6 Å². The largest absolute Gasteiger partial charge is 0.327 e. The second kappa shape index (κ2) is 5.25. The van der Waals surface area contributed by atoms with Gasteiger partial charge in [-0.05, 0) is 19.9 Å². The molecule has 0 aromatic rings. The molecule has 15 heavy (non-hydrogen) atoms. The van der Waals surface area contributed by atoms with E-state index in [0.717, 1.165) is 26.1 Å². The molecule has 0 aliphatic carbocycles. The highest BCUT2D eigenvalue weighted by Crippen LogP contribution is 2.06. The molecule has 0 bridgehead atoms. The predicted molar refractivity (Wildman–Crippen MR) is 61.1 cm³/mol. The maximum Gasteiger partial charge on any atom is 0.211 e. The first-order valence-electron chi connectivity index (χ1n) is 5.32. The Labute approximate surface area is 92.3 Å². The highest BCUT2D eigenvalue weighted by atomic mass is 32.2. The summed E-state index contributed by atoms with van der Waals surface area (Å²) in [7, 11) is -3.03. The molecule has 0 radical (unpaired) electrons. The van der Waals surface area contributed by atoms with Crippen LogP contribution in [0.3, 0.4) is 0 Å². The summed E-state index contributed by atoms with van der Waals surface area (Å²) in [6.07, 6.45) is 2.16. The van der Waals surface area contributed by atoms with Gasteiger partial charge in [0, 0.05) is 32.2 Å². The van der Waals surface area contributed by atoms with E-state index < -0.39 is 10.0 Å². The van der Waals surface area contributed by atoms with E-state index in [1.165, 1.54) is 6.26 Å². The van der Waals surface area contributed by atoms with Crippen molar-refractivity contribution < 1.29 is 8.42 Å². The summed E-state index contributed by atoms with van der Waals surface area (Å²) >= 11 is 0. The predicted octanol–water partition coefficient (Wildman–Crippen LogP) is -0.699. The molecule has 6 heteroatoms. The Morgan fingerprint density at radius 2 is 1.93 bits per heavy atom. The molecule has 5 nitrogen and oxygen atoms in total.